The summed E-state index contributed by atoms with van der Waals surface area (Å²) in [6.07, 6.45) is 0.252. The lowest BCUT2D eigenvalue weighted by molar-refractivity contribution is 0.674. The van der Waals surface area contributed by atoms with E-state index in [1.54, 1.807) is 6.92 Å². The first kappa shape index (κ1) is 8.44. The molecule has 0 fully saturated rings. The minimum Gasteiger partial charge on any atom is -0.198 e. The Bertz CT molecular complexity index is 138. The van der Waals surface area contributed by atoms with E-state index in [9.17, 15) is 4.91 Å². The molecule has 50 valence electrons. The monoisotopic (exact) mass is 144 g/mol. The van der Waals surface area contributed by atoms with E-state index in [0.29, 0.717) is 0 Å². The summed E-state index contributed by atoms with van der Waals surface area (Å²) in [6.45, 7) is 1.80. The topological polar surface area (TPSA) is 53.2 Å². The maximum Gasteiger partial charge on any atom is 0.0962 e. The van der Waals surface area contributed by atoms with Gasteiger partial charge in [0.25, 0.3) is 0 Å². The van der Waals surface area contributed by atoms with Crippen molar-refractivity contribution in [2.75, 3.05) is 6.54 Å². The number of hydrogen-bond donors (Lipinski definition) is 1. The van der Waals surface area contributed by atoms with Crippen LogP contribution in [0.3, 0.4) is 0 Å². The van der Waals surface area contributed by atoms with Crippen molar-refractivity contribution in [2.45, 2.75) is 18.1 Å². The molecule has 9 heavy (non-hydrogen) atoms. The molecule has 0 saturated heterocycles. The number of rotatable bonds is 3. The largest absolute Gasteiger partial charge is 0.198 e. The minimum atomic E-state index is -0.545. The van der Waals surface area contributed by atoms with E-state index >= 15 is 0 Å². The molecule has 0 amide bonds. The van der Waals surface area contributed by atoms with Crippen molar-refractivity contribution in [3.8, 4) is 6.07 Å². The molecule has 0 bridgehead atoms. The highest BCUT2D eigenvalue weighted by molar-refractivity contribution is 7.81. The summed E-state index contributed by atoms with van der Waals surface area (Å²) in [5.74, 6) is 0. The van der Waals surface area contributed by atoms with Crippen LogP contribution in [-0.4, -0.2) is 11.3 Å². The Hall–Kier alpha value is -0.560. The maximum absolute atomic E-state index is 9.69. The molecule has 0 aliphatic rings. The summed E-state index contributed by atoms with van der Waals surface area (Å²) in [6, 6.07) is 1.92. The number of hydrogen-bond acceptors (Lipinski definition) is 4. The molecule has 0 saturated carbocycles. The van der Waals surface area contributed by atoms with Gasteiger partial charge in [-0.25, -0.2) is 0 Å². The molecule has 4 heteroatoms. The van der Waals surface area contributed by atoms with Gasteiger partial charge in [-0.05, 0) is 6.92 Å². The fourth-order valence-electron chi connectivity index (χ4n) is 0.365. The Kier molecular flexibility index (Phi) is 3.25. The summed E-state index contributed by atoms with van der Waals surface area (Å²) < 4.78 is -0.545. The van der Waals surface area contributed by atoms with E-state index in [1.165, 1.54) is 0 Å². The Morgan fingerprint density at radius 1 is 1.89 bits per heavy atom. The van der Waals surface area contributed by atoms with Crippen molar-refractivity contribution in [3.63, 3.8) is 0 Å². The van der Waals surface area contributed by atoms with E-state index in [0.717, 1.165) is 0 Å². The SMILES string of the molecule is CC(S)(CC#N)CN=O. The summed E-state index contributed by atoms with van der Waals surface area (Å²) in [7, 11) is 0. The van der Waals surface area contributed by atoms with Crippen molar-refractivity contribution in [2.24, 2.45) is 5.18 Å². The molecule has 0 aliphatic heterocycles. The van der Waals surface area contributed by atoms with Crippen LogP contribution in [0.1, 0.15) is 13.3 Å². The van der Waals surface area contributed by atoms with Gasteiger partial charge in [-0.3, -0.25) is 0 Å². The Labute approximate surface area is 59.4 Å². The van der Waals surface area contributed by atoms with E-state index < -0.39 is 4.75 Å². The molecule has 0 aromatic rings. The molecule has 0 aliphatic carbocycles. The lowest BCUT2D eigenvalue weighted by Gasteiger charge is -2.13. The summed E-state index contributed by atoms with van der Waals surface area (Å²) in [4.78, 5) is 9.69. The highest BCUT2D eigenvalue weighted by Gasteiger charge is 2.18. The molecular formula is C5H8N2OS. The predicted octanol–water partition coefficient (Wildman–Crippen LogP) is 1.35. The smallest absolute Gasteiger partial charge is 0.0962 e. The van der Waals surface area contributed by atoms with E-state index in [-0.39, 0.29) is 13.0 Å². The lowest BCUT2D eigenvalue weighted by Crippen LogP contribution is -2.19. The van der Waals surface area contributed by atoms with Crippen molar-refractivity contribution < 1.29 is 0 Å². The van der Waals surface area contributed by atoms with Gasteiger partial charge >= 0.3 is 0 Å². The standard InChI is InChI=1S/C5H8N2OS/c1-5(9,2-3-6)4-7-8/h9H,2,4H2,1H3. The zero-order valence-electron chi connectivity index (χ0n) is 5.16. The number of nitrogens with zero attached hydrogens (tertiary/aromatic N) is 2. The molecule has 0 aromatic heterocycles. The van der Waals surface area contributed by atoms with Crippen LogP contribution >= 0.6 is 12.6 Å². The lowest BCUT2D eigenvalue weighted by atomic mass is 10.1. The molecule has 0 rings (SSSR count). The third kappa shape index (κ3) is 3.98. The minimum absolute atomic E-state index is 0.0870. The summed E-state index contributed by atoms with van der Waals surface area (Å²) >= 11 is 4.03. The fraction of sp³-hybridized carbons (Fsp3) is 0.800. The first-order valence-corrected chi connectivity index (χ1v) is 2.95. The molecule has 3 nitrogen and oxygen atoms in total. The Balaban J connectivity index is 3.73. The summed E-state index contributed by atoms with van der Waals surface area (Å²) in [5.41, 5.74) is 0. The van der Waals surface area contributed by atoms with Crippen LogP contribution in [0, 0.1) is 16.2 Å². The highest BCUT2D eigenvalue weighted by atomic mass is 32.1. The zero-order valence-corrected chi connectivity index (χ0v) is 6.06. The number of thiol groups is 1. The van der Waals surface area contributed by atoms with E-state index in [2.05, 4.69) is 17.8 Å². The summed E-state index contributed by atoms with van der Waals surface area (Å²) in [5, 5.41) is 10.8. The predicted molar refractivity (Wildman–Crippen MR) is 38.3 cm³/mol. The Morgan fingerprint density at radius 2 is 2.44 bits per heavy atom. The van der Waals surface area contributed by atoms with Crippen LogP contribution in [0.5, 0.6) is 0 Å². The van der Waals surface area contributed by atoms with Crippen molar-refractivity contribution in [1.82, 2.24) is 0 Å². The van der Waals surface area contributed by atoms with Gasteiger partial charge in [0.15, 0.2) is 0 Å². The van der Waals surface area contributed by atoms with Crippen LogP contribution < -0.4 is 0 Å². The molecule has 1 unspecified atom stereocenters. The van der Waals surface area contributed by atoms with Crippen LogP contribution in [-0.2, 0) is 0 Å². The molecule has 0 heterocycles. The molecule has 0 aromatic carbocycles. The third-order valence-corrected chi connectivity index (χ3v) is 1.16. The normalized spacial score (nSPS) is 15.7. The second-order valence-corrected chi connectivity index (χ2v) is 3.20. The van der Waals surface area contributed by atoms with Gasteiger partial charge in [0.1, 0.15) is 0 Å². The van der Waals surface area contributed by atoms with Gasteiger partial charge in [0.05, 0.1) is 19.0 Å². The highest BCUT2D eigenvalue weighted by Crippen LogP contribution is 2.17. The average molecular weight is 144 g/mol. The molecular weight excluding hydrogens is 136 g/mol. The van der Waals surface area contributed by atoms with Gasteiger partial charge in [-0.1, -0.05) is 5.18 Å². The maximum atomic E-state index is 9.69. The Morgan fingerprint density at radius 3 is 2.78 bits per heavy atom. The molecule has 0 N–H and O–H groups in total. The molecule has 1 atom stereocenters. The zero-order chi connectivity index (χ0) is 7.33. The second-order valence-electron chi connectivity index (χ2n) is 2.12. The van der Waals surface area contributed by atoms with Gasteiger partial charge in [0, 0.05) is 4.75 Å². The van der Waals surface area contributed by atoms with Crippen LogP contribution in [0.15, 0.2) is 5.18 Å². The van der Waals surface area contributed by atoms with Crippen LogP contribution in [0.25, 0.3) is 0 Å². The third-order valence-electron chi connectivity index (χ3n) is 0.865. The molecule has 0 spiro atoms. The average Bonchev–Trinajstić information content (AvgIpc) is 1.64. The van der Waals surface area contributed by atoms with Gasteiger partial charge < -0.3 is 0 Å². The van der Waals surface area contributed by atoms with Crippen molar-refractivity contribution in [3.05, 3.63) is 4.91 Å². The van der Waals surface area contributed by atoms with Crippen molar-refractivity contribution >= 4 is 12.6 Å². The fourth-order valence-corrected chi connectivity index (χ4v) is 0.494. The molecule has 0 radical (unpaired) electrons. The number of nitriles is 1. The van der Waals surface area contributed by atoms with E-state index in [1.807, 2.05) is 6.07 Å². The van der Waals surface area contributed by atoms with E-state index in [4.69, 9.17) is 5.26 Å². The van der Waals surface area contributed by atoms with Gasteiger partial charge in [0.2, 0.25) is 0 Å². The first-order chi connectivity index (χ1) is 4.12. The van der Waals surface area contributed by atoms with Crippen molar-refractivity contribution in [1.29, 1.82) is 5.26 Å². The quantitative estimate of drug-likeness (QED) is 0.480. The second kappa shape index (κ2) is 3.46. The first-order valence-electron chi connectivity index (χ1n) is 2.51. The van der Waals surface area contributed by atoms with Gasteiger partial charge in [-0.2, -0.15) is 22.8 Å². The number of nitroso groups, excluding NO2 is 1. The van der Waals surface area contributed by atoms with Crippen LogP contribution in [0.4, 0.5) is 0 Å². The van der Waals surface area contributed by atoms with Gasteiger partial charge in [-0.15, -0.1) is 0 Å². The van der Waals surface area contributed by atoms with Crippen LogP contribution in [0.2, 0.25) is 0 Å².